The lowest BCUT2D eigenvalue weighted by Crippen LogP contribution is -2.49. The van der Waals surface area contributed by atoms with Crippen LogP contribution in [0.5, 0.6) is 0 Å². The van der Waals surface area contributed by atoms with Crippen molar-refractivity contribution in [3.8, 4) is 6.07 Å². The van der Waals surface area contributed by atoms with Crippen LogP contribution in [0.2, 0.25) is 0 Å². The largest absolute Gasteiger partial charge is 0.379 e. The lowest BCUT2D eigenvalue weighted by atomic mass is 9.86. The van der Waals surface area contributed by atoms with Gasteiger partial charge in [-0.1, -0.05) is 12.8 Å². The van der Waals surface area contributed by atoms with E-state index in [1.807, 2.05) is 4.90 Å². The number of rotatable bonds is 2. The first-order valence-electron chi connectivity index (χ1n) is 9.26. The molecule has 0 aromatic heterocycles. The van der Waals surface area contributed by atoms with Gasteiger partial charge in [-0.15, -0.1) is 0 Å². The van der Waals surface area contributed by atoms with E-state index >= 15 is 0 Å². The summed E-state index contributed by atoms with van der Waals surface area (Å²) < 4.78 is 5.87. The number of amides is 1. The van der Waals surface area contributed by atoms with Crippen LogP contribution in [0.1, 0.15) is 38.5 Å². The summed E-state index contributed by atoms with van der Waals surface area (Å²) in [5.74, 6) is 1.09. The fourth-order valence-corrected chi connectivity index (χ4v) is 5.24. The van der Waals surface area contributed by atoms with Crippen LogP contribution in [-0.2, 0) is 9.53 Å². The molecule has 5 nitrogen and oxygen atoms in total. The van der Waals surface area contributed by atoms with Crippen LogP contribution in [0, 0.1) is 28.6 Å². The number of fused-ring (bicyclic) bond motifs is 1. The lowest BCUT2D eigenvalue weighted by Gasteiger charge is -2.38. The maximum atomic E-state index is 13.0. The predicted molar refractivity (Wildman–Crippen MR) is 85.5 cm³/mol. The van der Waals surface area contributed by atoms with E-state index in [4.69, 9.17) is 4.74 Å². The molecule has 0 N–H and O–H groups in total. The molecule has 3 atom stereocenters. The van der Waals surface area contributed by atoms with Gasteiger partial charge in [0.25, 0.3) is 0 Å². The molecule has 3 saturated heterocycles. The van der Waals surface area contributed by atoms with E-state index in [2.05, 4.69) is 11.0 Å². The van der Waals surface area contributed by atoms with Crippen molar-refractivity contribution >= 4 is 5.91 Å². The number of carbonyl (C=O) groups is 1. The number of hydrogen-bond acceptors (Lipinski definition) is 4. The second-order valence-corrected chi connectivity index (χ2v) is 7.88. The minimum Gasteiger partial charge on any atom is -0.379 e. The smallest absolute Gasteiger partial charge is 0.243 e. The standard InChI is InChI=1S/C18H27N3O2/c19-13-18(5-1-2-6-18)17(22)21-9-14-11-23-12-16(15(14)10-21)20-7-3-4-8-20/h14-16H,1-12H2/t14-,15-,16-/m1/s1. The number of ether oxygens (including phenoxy) is 1. The average molecular weight is 317 g/mol. The van der Waals surface area contributed by atoms with Gasteiger partial charge in [-0.25, -0.2) is 0 Å². The summed E-state index contributed by atoms with van der Waals surface area (Å²) in [6.07, 6.45) is 6.10. The van der Waals surface area contributed by atoms with Crippen LogP contribution in [-0.4, -0.2) is 61.1 Å². The number of nitrogens with zero attached hydrogens (tertiary/aromatic N) is 3. The molecule has 0 aromatic rings. The molecule has 0 spiro atoms. The number of likely N-dealkylation sites (tertiary alicyclic amines) is 2. The Morgan fingerprint density at radius 2 is 1.83 bits per heavy atom. The highest BCUT2D eigenvalue weighted by Gasteiger charge is 2.50. The van der Waals surface area contributed by atoms with Crippen LogP contribution < -0.4 is 0 Å². The molecule has 3 aliphatic heterocycles. The second-order valence-electron chi connectivity index (χ2n) is 7.88. The summed E-state index contributed by atoms with van der Waals surface area (Å²) in [6, 6.07) is 2.84. The van der Waals surface area contributed by atoms with E-state index in [0.717, 1.165) is 52.0 Å². The summed E-state index contributed by atoms with van der Waals surface area (Å²) in [5.41, 5.74) is -0.725. The number of nitriles is 1. The highest BCUT2D eigenvalue weighted by Crippen LogP contribution is 2.42. The minimum atomic E-state index is -0.725. The third-order valence-electron chi connectivity index (χ3n) is 6.58. The van der Waals surface area contributed by atoms with Gasteiger partial charge in [0, 0.05) is 31.0 Å². The Kier molecular flexibility index (Phi) is 4.07. The maximum absolute atomic E-state index is 13.0. The Bertz CT molecular complexity index is 503. The zero-order chi connectivity index (χ0) is 15.9. The Morgan fingerprint density at radius 3 is 2.52 bits per heavy atom. The van der Waals surface area contributed by atoms with Crippen molar-refractivity contribution in [2.24, 2.45) is 17.3 Å². The predicted octanol–water partition coefficient (Wildman–Crippen LogP) is 1.64. The Hall–Kier alpha value is -1.12. The van der Waals surface area contributed by atoms with Gasteiger partial charge >= 0.3 is 0 Å². The fraction of sp³-hybridized carbons (Fsp3) is 0.889. The van der Waals surface area contributed by atoms with Gasteiger partial charge in [-0.3, -0.25) is 9.69 Å². The Labute approximate surface area is 138 Å². The average Bonchev–Trinajstić information content (AvgIpc) is 3.33. The van der Waals surface area contributed by atoms with E-state index in [9.17, 15) is 10.1 Å². The summed E-state index contributed by atoms with van der Waals surface area (Å²) in [4.78, 5) is 17.6. The van der Waals surface area contributed by atoms with Crippen molar-refractivity contribution in [2.75, 3.05) is 39.4 Å². The van der Waals surface area contributed by atoms with Crippen LogP contribution in [0.25, 0.3) is 0 Å². The third kappa shape index (κ3) is 2.56. The molecule has 4 aliphatic rings. The SMILES string of the molecule is N#CC1(C(=O)N2C[C@@H]3COC[C@@H](N4CCCC4)[C@@H]3C2)CCCC1. The summed E-state index contributed by atoms with van der Waals surface area (Å²) in [6.45, 7) is 5.56. The topological polar surface area (TPSA) is 56.6 Å². The van der Waals surface area contributed by atoms with E-state index in [0.29, 0.717) is 17.9 Å². The maximum Gasteiger partial charge on any atom is 0.243 e. The summed E-state index contributed by atoms with van der Waals surface area (Å²) in [5, 5.41) is 9.60. The third-order valence-corrected chi connectivity index (χ3v) is 6.58. The van der Waals surface area contributed by atoms with Gasteiger partial charge in [-0.05, 0) is 38.8 Å². The first kappa shape index (κ1) is 15.4. The molecule has 0 unspecified atom stereocenters. The zero-order valence-electron chi connectivity index (χ0n) is 13.9. The first-order chi connectivity index (χ1) is 11.2. The number of carbonyl (C=O) groups excluding carboxylic acids is 1. The number of hydrogen-bond donors (Lipinski definition) is 0. The van der Waals surface area contributed by atoms with Gasteiger partial charge in [-0.2, -0.15) is 5.26 Å². The van der Waals surface area contributed by atoms with Crippen molar-refractivity contribution in [3.63, 3.8) is 0 Å². The minimum absolute atomic E-state index is 0.104. The Morgan fingerprint density at radius 1 is 1.09 bits per heavy atom. The van der Waals surface area contributed by atoms with Crippen LogP contribution >= 0.6 is 0 Å². The van der Waals surface area contributed by atoms with Crippen LogP contribution in [0.4, 0.5) is 0 Å². The van der Waals surface area contributed by atoms with Gasteiger partial charge < -0.3 is 9.64 Å². The van der Waals surface area contributed by atoms with Crippen molar-refractivity contribution < 1.29 is 9.53 Å². The molecule has 0 radical (unpaired) electrons. The van der Waals surface area contributed by atoms with Crippen molar-refractivity contribution in [1.82, 2.24) is 9.80 Å². The molecule has 1 aliphatic carbocycles. The van der Waals surface area contributed by atoms with E-state index in [1.165, 1.54) is 25.9 Å². The molecule has 1 saturated carbocycles. The van der Waals surface area contributed by atoms with Gasteiger partial charge in [0.15, 0.2) is 0 Å². The molecule has 4 rings (SSSR count). The summed E-state index contributed by atoms with van der Waals surface area (Å²) >= 11 is 0. The molecular weight excluding hydrogens is 290 g/mol. The molecule has 5 heteroatoms. The van der Waals surface area contributed by atoms with Crippen LogP contribution in [0.3, 0.4) is 0 Å². The van der Waals surface area contributed by atoms with Gasteiger partial charge in [0.05, 0.1) is 19.3 Å². The summed E-state index contributed by atoms with van der Waals surface area (Å²) in [7, 11) is 0. The normalized spacial score (nSPS) is 36.8. The monoisotopic (exact) mass is 317 g/mol. The molecule has 23 heavy (non-hydrogen) atoms. The molecule has 0 bridgehead atoms. The molecule has 0 aromatic carbocycles. The van der Waals surface area contributed by atoms with Crippen molar-refractivity contribution in [1.29, 1.82) is 5.26 Å². The molecule has 3 heterocycles. The van der Waals surface area contributed by atoms with Gasteiger partial charge in [0.2, 0.25) is 5.91 Å². The lowest BCUT2D eigenvalue weighted by molar-refractivity contribution is -0.138. The van der Waals surface area contributed by atoms with Crippen LogP contribution in [0.15, 0.2) is 0 Å². The van der Waals surface area contributed by atoms with E-state index in [-0.39, 0.29) is 5.91 Å². The van der Waals surface area contributed by atoms with Crippen molar-refractivity contribution in [2.45, 2.75) is 44.6 Å². The highest BCUT2D eigenvalue weighted by atomic mass is 16.5. The van der Waals surface area contributed by atoms with Crippen molar-refractivity contribution in [3.05, 3.63) is 0 Å². The second kappa shape index (κ2) is 6.07. The molecule has 126 valence electrons. The fourth-order valence-electron chi connectivity index (χ4n) is 5.24. The molecular formula is C18H27N3O2. The molecule has 1 amide bonds. The zero-order valence-corrected chi connectivity index (χ0v) is 13.9. The van der Waals surface area contributed by atoms with Gasteiger partial charge in [0.1, 0.15) is 5.41 Å². The highest BCUT2D eigenvalue weighted by molar-refractivity contribution is 5.86. The first-order valence-corrected chi connectivity index (χ1v) is 9.26. The van der Waals surface area contributed by atoms with E-state index in [1.54, 1.807) is 0 Å². The van der Waals surface area contributed by atoms with E-state index < -0.39 is 5.41 Å². The Balaban J connectivity index is 1.48. The quantitative estimate of drug-likeness (QED) is 0.777. The molecule has 4 fully saturated rings.